The molecular formula is C19H18ClN3O. The van der Waals surface area contributed by atoms with Crippen LogP contribution in [0.2, 0.25) is 5.02 Å². The molecule has 0 saturated carbocycles. The number of fused-ring (bicyclic) bond motifs is 1. The van der Waals surface area contributed by atoms with E-state index >= 15 is 0 Å². The van der Waals surface area contributed by atoms with Gasteiger partial charge in [0.2, 0.25) is 0 Å². The van der Waals surface area contributed by atoms with Gasteiger partial charge in [0.05, 0.1) is 5.52 Å². The minimum Gasteiger partial charge on any atom is -0.384 e. The minimum atomic E-state index is -0.0698. The molecule has 0 saturated heterocycles. The SMILES string of the molecule is CNC(=O)c1cccc(CCNc2ccnc3ccc(Cl)cc23)c1. The lowest BCUT2D eigenvalue weighted by molar-refractivity contribution is 0.0963. The fourth-order valence-electron chi connectivity index (χ4n) is 2.63. The molecule has 0 unspecified atom stereocenters. The summed E-state index contributed by atoms with van der Waals surface area (Å²) in [6, 6.07) is 15.3. The van der Waals surface area contributed by atoms with Crippen molar-refractivity contribution in [2.45, 2.75) is 6.42 Å². The van der Waals surface area contributed by atoms with Crippen LogP contribution in [0.25, 0.3) is 10.9 Å². The van der Waals surface area contributed by atoms with Crippen LogP contribution in [-0.2, 0) is 6.42 Å². The molecule has 0 spiro atoms. The van der Waals surface area contributed by atoms with E-state index in [2.05, 4.69) is 15.6 Å². The lowest BCUT2D eigenvalue weighted by Gasteiger charge is -2.10. The van der Waals surface area contributed by atoms with E-state index in [1.807, 2.05) is 48.5 Å². The maximum absolute atomic E-state index is 11.7. The summed E-state index contributed by atoms with van der Waals surface area (Å²) in [7, 11) is 1.64. The molecule has 0 aliphatic heterocycles. The van der Waals surface area contributed by atoms with Gasteiger partial charge in [-0.1, -0.05) is 23.7 Å². The Kier molecular flexibility index (Phi) is 4.96. The lowest BCUT2D eigenvalue weighted by atomic mass is 10.1. The van der Waals surface area contributed by atoms with E-state index in [0.717, 1.165) is 35.1 Å². The van der Waals surface area contributed by atoms with Gasteiger partial charge in [0, 0.05) is 41.4 Å². The molecule has 1 amide bonds. The third-order valence-electron chi connectivity index (χ3n) is 3.85. The second-order valence-corrected chi connectivity index (χ2v) is 5.91. The fraction of sp³-hybridized carbons (Fsp3) is 0.158. The standard InChI is InChI=1S/C19H18ClN3O/c1-21-19(24)14-4-2-3-13(11-14)7-9-22-18-8-10-23-17-6-5-15(20)12-16(17)18/h2-6,8,10-12H,7,9H2,1H3,(H,21,24)(H,22,23). The average molecular weight is 340 g/mol. The molecule has 0 atom stereocenters. The van der Waals surface area contributed by atoms with Crippen molar-refractivity contribution < 1.29 is 4.79 Å². The average Bonchev–Trinajstić information content (AvgIpc) is 2.61. The number of nitrogens with one attached hydrogen (secondary N) is 2. The highest BCUT2D eigenvalue weighted by Gasteiger charge is 2.05. The number of amides is 1. The van der Waals surface area contributed by atoms with Gasteiger partial charge >= 0.3 is 0 Å². The molecular weight excluding hydrogens is 322 g/mol. The molecule has 1 heterocycles. The first kappa shape index (κ1) is 16.3. The van der Waals surface area contributed by atoms with Gasteiger partial charge in [-0.3, -0.25) is 9.78 Å². The maximum atomic E-state index is 11.7. The van der Waals surface area contributed by atoms with Crippen molar-refractivity contribution in [3.63, 3.8) is 0 Å². The normalized spacial score (nSPS) is 10.6. The van der Waals surface area contributed by atoms with Crippen molar-refractivity contribution in [1.29, 1.82) is 0 Å². The van der Waals surface area contributed by atoms with Crippen LogP contribution < -0.4 is 10.6 Å². The number of anilines is 1. The molecule has 5 heteroatoms. The van der Waals surface area contributed by atoms with Crippen LogP contribution in [0.3, 0.4) is 0 Å². The molecule has 1 aromatic heterocycles. The number of rotatable bonds is 5. The molecule has 3 rings (SSSR count). The highest BCUT2D eigenvalue weighted by atomic mass is 35.5. The third-order valence-corrected chi connectivity index (χ3v) is 4.08. The van der Waals surface area contributed by atoms with E-state index in [1.165, 1.54) is 0 Å². The number of nitrogens with zero attached hydrogens (tertiary/aromatic N) is 1. The summed E-state index contributed by atoms with van der Waals surface area (Å²) in [6.45, 7) is 0.753. The van der Waals surface area contributed by atoms with E-state index in [9.17, 15) is 4.79 Å². The van der Waals surface area contributed by atoms with Gasteiger partial charge in [-0.25, -0.2) is 0 Å². The van der Waals surface area contributed by atoms with Gasteiger partial charge in [-0.15, -0.1) is 0 Å². The van der Waals surface area contributed by atoms with E-state index in [-0.39, 0.29) is 5.91 Å². The Bertz CT molecular complexity index is 879. The Balaban J connectivity index is 1.71. The Hall–Kier alpha value is -2.59. The number of hydrogen-bond donors (Lipinski definition) is 2. The first-order chi connectivity index (χ1) is 11.7. The molecule has 3 aromatic rings. The van der Waals surface area contributed by atoms with E-state index in [1.54, 1.807) is 13.2 Å². The Morgan fingerprint density at radius 2 is 2.04 bits per heavy atom. The third kappa shape index (κ3) is 3.66. The first-order valence-electron chi connectivity index (χ1n) is 7.76. The van der Waals surface area contributed by atoms with Crippen LogP contribution in [0.15, 0.2) is 54.7 Å². The molecule has 24 heavy (non-hydrogen) atoms. The van der Waals surface area contributed by atoms with Gasteiger partial charge in [-0.2, -0.15) is 0 Å². The Morgan fingerprint density at radius 3 is 2.88 bits per heavy atom. The second-order valence-electron chi connectivity index (χ2n) is 5.48. The topological polar surface area (TPSA) is 54.0 Å². The minimum absolute atomic E-state index is 0.0698. The summed E-state index contributed by atoms with van der Waals surface area (Å²) in [5.41, 5.74) is 3.70. The number of hydrogen-bond acceptors (Lipinski definition) is 3. The monoisotopic (exact) mass is 339 g/mol. The number of aromatic nitrogens is 1. The Labute approximate surface area is 145 Å². The molecule has 4 nitrogen and oxygen atoms in total. The van der Waals surface area contributed by atoms with Gasteiger partial charge in [-0.05, 0) is 48.4 Å². The largest absolute Gasteiger partial charge is 0.384 e. The van der Waals surface area contributed by atoms with E-state index in [0.29, 0.717) is 10.6 Å². The molecule has 122 valence electrons. The molecule has 2 N–H and O–H groups in total. The van der Waals surface area contributed by atoms with E-state index in [4.69, 9.17) is 11.6 Å². The van der Waals surface area contributed by atoms with Crippen molar-refractivity contribution in [3.05, 3.63) is 70.9 Å². The zero-order chi connectivity index (χ0) is 16.9. The van der Waals surface area contributed by atoms with Crippen LogP contribution in [0.1, 0.15) is 15.9 Å². The summed E-state index contributed by atoms with van der Waals surface area (Å²) in [6.07, 6.45) is 2.60. The van der Waals surface area contributed by atoms with Crippen LogP contribution in [-0.4, -0.2) is 24.5 Å². The van der Waals surface area contributed by atoms with Crippen LogP contribution in [0.4, 0.5) is 5.69 Å². The predicted molar refractivity (Wildman–Crippen MR) is 98.8 cm³/mol. The molecule has 0 radical (unpaired) electrons. The van der Waals surface area contributed by atoms with Crippen molar-refractivity contribution in [1.82, 2.24) is 10.3 Å². The van der Waals surface area contributed by atoms with Gasteiger partial charge < -0.3 is 10.6 Å². The quantitative estimate of drug-likeness (QED) is 0.741. The Morgan fingerprint density at radius 1 is 1.17 bits per heavy atom. The first-order valence-corrected chi connectivity index (χ1v) is 8.14. The molecule has 0 bridgehead atoms. The fourth-order valence-corrected chi connectivity index (χ4v) is 2.80. The summed E-state index contributed by atoms with van der Waals surface area (Å²) in [4.78, 5) is 16.0. The van der Waals surface area contributed by atoms with E-state index < -0.39 is 0 Å². The second kappa shape index (κ2) is 7.32. The lowest BCUT2D eigenvalue weighted by Crippen LogP contribution is -2.18. The summed E-state index contributed by atoms with van der Waals surface area (Å²) >= 11 is 6.09. The smallest absolute Gasteiger partial charge is 0.251 e. The highest BCUT2D eigenvalue weighted by molar-refractivity contribution is 6.31. The summed E-state index contributed by atoms with van der Waals surface area (Å²) in [5.74, 6) is -0.0698. The number of benzene rings is 2. The van der Waals surface area contributed by atoms with Crippen molar-refractivity contribution >= 4 is 34.1 Å². The number of pyridine rings is 1. The van der Waals surface area contributed by atoms with Crippen LogP contribution in [0.5, 0.6) is 0 Å². The number of carbonyl (C=O) groups excluding carboxylic acids is 1. The van der Waals surface area contributed by atoms with Gasteiger partial charge in [0.15, 0.2) is 0 Å². The molecule has 0 aliphatic carbocycles. The zero-order valence-electron chi connectivity index (χ0n) is 13.3. The summed E-state index contributed by atoms with van der Waals surface area (Å²) < 4.78 is 0. The highest BCUT2D eigenvalue weighted by Crippen LogP contribution is 2.24. The van der Waals surface area contributed by atoms with Crippen LogP contribution in [0, 0.1) is 0 Å². The van der Waals surface area contributed by atoms with Crippen molar-refractivity contribution in [3.8, 4) is 0 Å². The van der Waals surface area contributed by atoms with Crippen molar-refractivity contribution in [2.24, 2.45) is 0 Å². The molecule has 0 fully saturated rings. The van der Waals surface area contributed by atoms with Crippen molar-refractivity contribution in [2.75, 3.05) is 18.9 Å². The maximum Gasteiger partial charge on any atom is 0.251 e. The predicted octanol–water partition coefficient (Wildman–Crippen LogP) is 3.90. The van der Waals surface area contributed by atoms with Gasteiger partial charge in [0.25, 0.3) is 5.91 Å². The number of halogens is 1. The molecule has 0 aliphatic rings. The van der Waals surface area contributed by atoms with Crippen LogP contribution >= 0.6 is 11.6 Å². The number of carbonyl (C=O) groups is 1. The summed E-state index contributed by atoms with van der Waals surface area (Å²) in [5, 5.41) is 7.76. The molecule has 2 aromatic carbocycles. The van der Waals surface area contributed by atoms with Gasteiger partial charge in [0.1, 0.15) is 0 Å². The zero-order valence-corrected chi connectivity index (χ0v) is 14.1.